The van der Waals surface area contributed by atoms with Crippen LogP contribution in [0.1, 0.15) is 34.2 Å². The van der Waals surface area contributed by atoms with Crippen molar-refractivity contribution >= 4 is 28.0 Å². The molecule has 0 saturated carbocycles. The van der Waals surface area contributed by atoms with Crippen LogP contribution in [-0.4, -0.2) is 35.2 Å². The van der Waals surface area contributed by atoms with Gasteiger partial charge < -0.3 is 9.84 Å². The van der Waals surface area contributed by atoms with Crippen molar-refractivity contribution in [2.24, 2.45) is 0 Å². The first-order valence-electron chi connectivity index (χ1n) is 10.2. The van der Waals surface area contributed by atoms with E-state index in [1.165, 1.54) is 4.90 Å². The van der Waals surface area contributed by atoms with Crippen LogP contribution in [0.15, 0.2) is 71.2 Å². The maximum atomic E-state index is 13.0. The summed E-state index contributed by atoms with van der Waals surface area (Å²) < 4.78 is 6.50. The van der Waals surface area contributed by atoms with E-state index in [2.05, 4.69) is 40.2 Å². The molecule has 1 atom stereocenters. The Hall–Kier alpha value is -3.12. The van der Waals surface area contributed by atoms with Crippen LogP contribution in [0.5, 0.6) is 0 Å². The Morgan fingerprint density at radius 2 is 1.61 bits per heavy atom. The van der Waals surface area contributed by atoms with E-state index in [1.54, 1.807) is 6.07 Å². The quantitative estimate of drug-likeness (QED) is 0.549. The highest BCUT2D eigenvalue weighted by Crippen LogP contribution is 2.44. The van der Waals surface area contributed by atoms with E-state index in [1.807, 2.05) is 36.4 Å². The maximum Gasteiger partial charge on any atom is 0.410 e. The summed E-state index contributed by atoms with van der Waals surface area (Å²) in [6.07, 6.45) is -0.00349. The van der Waals surface area contributed by atoms with Crippen LogP contribution in [0.4, 0.5) is 4.79 Å². The van der Waals surface area contributed by atoms with Crippen LogP contribution < -0.4 is 0 Å². The van der Waals surface area contributed by atoms with Gasteiger partial charge in [0.25, 0.3) is 0 Å². The topological polar surface area (TPSA) is 66.8 Å². The molecule has 5 rings (SSSR count). The monoisotopic (exact) mass is 477 g/mol. The van der Waals surface area contributed by atoms with Gasteiger partial charge in [-0.15, -0.1) is 0 Å². The number of halogens is 1. The average molecular weight is 478 g/mol. The predicted molar refractivity (Wildman–Crippen MR) is 120 cm³/mol. The maximum absolute atomic E-state index is 13.0. The molecule has 0 fully saturated rings. The number of carboxylic acid groups (broad SMARTS) is 1. The Kier molecular flexibility index (Phi) is 5.02. The van der Waals surface area contributed by atoms with Crippen molar-refractivity contribution < 1.29 is 19.4 Å². The first-order valence-corrected chi connectivity index (χ1v) is 11.0. The lowest BCUT2D eigenvalue weighted by Crippen LogP contribution is -2.44. The van der Waals surface area contributed by atoms with Crippen molar-refractivity contribution in [2.75, 3.05) is 13.2 Å². The van der Waals surface area contributed by atoms with Crippen LogP contribution in [0.3, 0.4) is 0 Å². The molecule has 1 unspecified atom stereocenters. The van der Waals surface area contributed by atoms with Crippen LogP contribution >= 0.6 is 15.9 Å². The zero-order valence-electron chi connectivity index (χ0n) is 16.6. The van der Waals surface area contributed by atoms with Gasteiger partial charge in [-0.1, -0.05) is 70.5 Å². The lowest BCUT2D eigenvalue weighted by atomic mass is 9.93. The number of ether oxygens (including phenoxy) is 1. The molecule has 0 aromatic heterocycles. The first kappa shape index (κ1) is 19.8. The molecule has 5 nitrogen and oxygen atoms in total. The van der Waals surface area contributed by atoms with E-state index < -0.39 is 18.1 Å². The Morgan fingerprint density at radius 1 is 0.968 bits per heavy atom. The second-order valence-corrected chi connectivity index (χ2v) is 8.75. The number of carbonyl (C=O) groups is 2. The summed E-state index contributed by atoms with van der Waals surface area (Å²) in [5.74, 6) is -1.13. The van der Waals surface area contributed by atoms with E-state index >= 15 is 0 Å². The Morgan fingerprint density at radius 3 is 2.26 bits per heavy atom. The summed E-state index contributed by atoms with van der Waals surface area (Å²) in [4.78, 5) is 26.4. The zero-order valence-corrected chi connectivity index (χ0v) is 18.2. The summed E-state index contributed by atoms with van der Waals surface area (Å²) in [6, 6.07) is 20.8. The fraction of sp³-hybridized carbons (Fsp3) is 0.200. The number of amides is 1. The Bertz CT molecular complexity index is 1150. The van der Waals surface area contributed by atoms with Gasteiger partial charge in [-0.05, 0) is 51.9 Å². The number of hydrogen-bond donors (Lipinski definition) is 1. The molecule has 0 radical (unpaired) electrons. The summed E-state index contributed by atoms with van der Waals surface area (Å²) in [6.45, 7) is 0.476. The molecule has 6 heteroatoms. The van der Waals surface area contributed by atoms with Gasteiger partial charge in [0.1, 0.15) is 6.61 Å². The highest BCUT2D eigenvalue weighted by Gasteiger charge is 2.38. The Labute approximate surface area is 188 Å². The van der Waals surface area contributed by atoms with E-state index in [0.29, 0.717) is 18.5 Å². The van der Waals surface area contributed by atoms with Crippen LogP contribution in [0.25, 0.3) is 11.1 Å². The molecule has 1 aliphatic heterocycles. The second kappa shape index (κ2) is 7.85. The Balaban J connectivity index is 1.39. The molecule has 1 N–H and O–H groups in total. The standard InChI is InChI=1S/C25H20BrNO4/c26-16-10-9-15-11-12-27(23(24(28)29)21(15)13-16)25(30)31-14-22-19-7-3-1-5-17(19)18-6-2-4-8-20(18)22/h1-10,13,22-23H,11-12,14H2,(H,28,29). The smallest absolute Gasteiger partial charge is 0.410 e. The highest BCUT2D eigenvalue weighted by atomic mass is 79.9. The fourth-order valence-corrected chi connectivity index (χ4v) is 5.10. The van der Waals surface area contributed by atoms with E-state index in [4.69, 9.17) is 4.74 Å². The molecule has 0 spiro atoms. The molecular weight excluding hydrogens is 458 g/mol. The summed E-state index contributed by atoms with van der Waals surface area (Å²) in [5.41, 5.74) is 6.12. The van der Waals surface area contributed by atoms with Crippen LogP contribution in [-0.2, 0) is 16.0 Å². The minimum absolute atomic E-state index is 0.0640. The third-order valence-corrected chi connectivity index (χ3v) is 6.63. The van der Waals surface area contributed by atoms with Crippen molar-refractivity contribution in [3.8, 4) is 11.1 Å². The molecule has 1 heterocycles. The molecule has 31 heavy (non-hydrogen) atoms. The molecule has 2 aliphatic rings. The van der Waals surface area contributed by atoms with E-state index in [0.717, 1.165) is 32.3 Å². The number of benzene rings is 3. The first-order chi connectivity index (χ1) is 15.0. The van der Waals surface area contributed by atoms with Crippen molar-refractivity contribution in [1.82, 2.24) is 4.90 Å². The number of rotatable bonds is 3. The summed E-state index contributed by atoms with van der Waals surface area (Å²) >= 11 is 3.40. The molecule has 0 bridgehead atoms. The van der Waals surface area contributed by atoms with Crippen molar-refractivity contribution in [3.05, 3.63) is 93.5 Å². The molecule has 1 aliphatic carbocycles. The normalized spacial score (nSPS) is 16.9. The third kappa shape index (κ3) is 3.41. The molecule has 1 amide bonds. The van der Waals surface area contributed by atoms with Gasteiger partial charge in [0.2, 0.25) is 0 Å². The average Bonchev–Trinajstić information content (AvgIpc) is 3.10. The number of carbonyl (C=O) groups excluding carboxylic acids is 1. The summed E-state index contributed by atoms with van der Waals surface area (Å²) in [7, 11) is 0. The van der Waals surface area contributed by atoms with Gasteiger partial charge in [-0.25, -0.2) is 9.59 Å². The van der Waals surface area contributed by atoms with Crippen molar-refractivity contribution in [1.29, 1.82) is 0 Å². The molecule has 156 valence electrons. The van der Waals surface area contributed by atoms with Gasteiger partial charge in [0, 0.05) is 16.9 Å². The lowest BCUT2D eigenvalue weighted by Gasteiger charge is -2.34. The fourth-order valence-electron chi connectivity index (χ4n) is 4.73. The van der Waals surface area contributed by atoms with Gasteiger partial charge in [-0.3, -0.25) is 4.90 Å². The number of aliphatic carboxylic acids is 1. The van der Waals surface area contributed by atoms with Gasteiger partial charge in [0.15, 0.2) is 6.04 Å². The molecule has 3 aromatic carbocycles. The summed E-state index contributed by atoms with van der Waals surface area (Å²) in [5, 5.41) is 9.87. The minimum Gasteiger partial charge on any atom is -0.479 e. The van der Waals surface area contributed by atoms with Crippen LogP contribution in [0, 0.1) is 0 Å². The van der Waals surface area contributed by atoms with Gasteiger partial charge in [0.05, 0.1) is 0 Å². The van der Waals surface area contributed by atoms with E-state index in [-0.39, 0.29) is 12.5 Å². The molecule has 0 saturated heterocycles. The number of carboxylic acids is 1. The van der Waals surface area contributed by atoms with Crippen molar-refractivity contribution in [3.63, 3.8) is 0 Å². The SMILES string of the molecule is O=C(O)C1c2cc(Br)ccc2CCN1C(=O)OCC1c2ccccc2-c2ccccc21. The highest BCUT2D eigenvalue weighted by molar-refractivity contribution is 9.10. The number of nitrogens with zero attached hydrogens (tertiary/aromatic N) is 1. The van der Waals surface area contributed by atoms with E-state index in [9.17, 15) is 14.7 Å². The number of hydrogen-bond acceptors (Lipinski definition) is 3. The third-order valence-electron chi connectivity index (χ3n) is 6.14. The van der Waals surface area contributed by atoms with Crippen molar-refractivity contribution in [2.45, 2.75) is 18.4 Å². The predicted octanol–water partition coefficient (Wildman–Crippen LogP) is 5.38. The molecule has 3 aromatic rings. The van der Waals surface area contributed by atoms with Gasteiger partial charge >= 0.3 is 12.1 Å². The second-order valence-electron chi connectivity index (χ2n) is 7.83. The molecular formula is C25H20BrNO4. The largest absolute Gasteiger partial charge is 0.479 e. The minimum atomic E-state index is -1.06. The van der Waals surface area contributed by atoms with Crippen LogP contribution in [0.2, 0.25) is 0 Å². The zero-order chi connectivity index (χ0) is 21.5. The van der Waals surface area contributed by atoms with Gasteiger partial charge in [-0.2, -0.15) is 0 Å². The lowest BCUT2D eigenvalue weighted by molar-refractivity contribution is -0.143. The number of fused-ring (bicyclic) bond motifs is 4.